The minimum absolute atomic E-state index is 0.119. The summed E-state index contributed by atoms with van der Waals surface area (Å²) in [6.07, 6.45) is 0. The molecular weight excluding hydrogens is 216 g/mol. The molecule has 1 aromatic carbocycles. The molecule has 0 saturated heterocycles. The highest BCUT2D eigenvalue weighted by Crippen LogP contribution is 2.17. The van der Waals surface area contributed by atoms with E-state index in [0.29, 0.717) is 16.3 Å². The van der Waals surface area contributed by atoms with Crippen LogP contribution in [0, 0.1) is 0 Å². The number of hydrogen-bond donors (Lipinski definition) is 3. The maximum atomic E-state index is 11.6. The van der Waals surface area contributed by atoms with E-state index in [1.165, 1.54) is 6.07 Å². The van der Waals surface area contributed by atoms with Crippen molar-refractivity contribution < 1.29 is 9.90 Å². The highest BCUT2D eigenvalue weighted by Gasteiger charge is 2.12. The van der Waals surface area contributed by atoms with Crippen LogP contribution in [-0.4, -0.2) is 23.7 Å². The molecule has 1 amide bonds. The van der Waals surface area contributed by atoms with Crippen LogP contribution in [0.1, 0.15) is 17.3 Å². The monoisotopic (exact) mass is 228 g/mol. The van der Waals surface area contributed by atoms with Gasteiger partial charge in [0.2, 0.25) is 0 Å². The minimum Gasteiger partial charge on any atom is -0.398 e. The maximum absolute atomic E-state index is 11.6. The van der Waals surface area contributed by atoms with Gasteiger partial charge in [-0.05, 0) is 25.1 Å². The minimum atomic E-state index is -0.337. The molecular formula is C10H13ClN2O2. The second-order valence-electron chi connectivity index (χ2n) is 3.29. The largest absolute Gasteiger partial charge is 0.398 e. The molecule has 0 fully saturated rings. The van der Waals surface area contributed by atoms with Gasteiger partial charge in [-0.25, -0.2) is 0 Å². The van der Waals surface area contributed by atoms with Gasteiger partial charge in [0, 0.05) is 16.8 Å². The van der Waals surface area contributed by atoms with Crippen molar-refractivity contribution in [3.63, 3.8) is 0 Å². The molecule has 0 aliphatic carbocycles. The van der Waals surface area contributed by atoms with Gasteiger partial charge >= 0.3 is 0 Å². The Morgan fingerprint density at radius 3 is 2.93 bits per heavy atom. The molecule has 1 unspecified atom stereocenters. The van der Waals surface area contributed by atoms with Gasteiger partial charge in [-0.2, -0.15) is 0 Å². The lowest BCUT2D eigenvalue weighted by molar-refractivity contribution is 0.0923. The van der Waals surface area contributed by atoms with Crippen molar-refractivity contribution in [2.45, 2.75) is 13.0 Å². The highest BCUT2D eigenvalue weighted by atomic mass is 35.5. The number of aliphatic hydroxyl groups is 1. The van der Waals surface area contributed by atoms with E-state index < -0.39 is 0 Å². The summed E-state index contributed by atoms with van der Waals surface area (Å²) in [7, 11) is 0. The van der Waals surface area contributed by atoms with E-state index in [1.54, 1.807) is 19.1 Å². The van der Waals surface area contributed by atoms with Crippen molar-refractivity contribution in [3.8, 4) is 0 Å². The first-order valence-electron chi connectivity index (χ1n) is 4.51. The Kier molecular flexibility index (Phi) is 3.94. The number of aliphatic hydroxyl groups excluding tert-OH is 1. The summed E-state index contributed by atoms with van der Waals surface area (Å²) in [5.74, 6) is -0.337. The molecule has 0 spiro atoms. The van der Waals surface area contributed by atoms with Gasteiger partial charge in [-0.3, -0.25) is 4.79 Å². The first-order chi connectivity index (χ1) is 7.04. The first-order valence-corrected chi connectivity index (χ1v) is 4.89. The second kappa shape index (κ2) is 5.00. The molecule has 0 aromatic heterocycles. The van der Waals surface area contributed by atoms with Crippen molar-refractivity contribution in [3.05, 3.63) is 28.8 Å². The zero-order chi connectivity index (χ0) is 11.4. The molecule has 4 N–H and O–H groups in total. The quantitative estimate of drug-likeness (QED) is 0.677. The Morgan fingerprint density at radius 1 is 1.67 bits per heavy atom. The normalized spacial score (nSPS) is 12.2. The number of hydrogen-bond acceptors (Lipinski definition) is 3. The molecule has 1 atom stereocenters. The Bertz CT molecular complexity index is 368. The summed E-state index contributed by atoms with van der Waals surface area (Å²) < 4.78 is 0. The van der Waals surface area contributed by atoms with Crippen LogP contribution < -0.4 is 11.1 Å². The summed E-state index contributed by atoms with van der Waals surface area (Å²) in [6, 6.07) is 4.37. The number of anilines is 1. The van der Waals surface area contributed by atoms with Crippen LogP contribution in [0.2, 0.25) is 5.02 Å². The summed E-state index contributed by atoms with van der Waals surface area (Å²) in [5.41, 5.74) is 6.31. The molecule has 1 aromatic rings. The predicted molar refractivity (Wildman–Crippen MR) is 59.9 cm³/mol. The molecule has 4 nitrogen and oxygen atoms in total. The van der Waals surface area contributed by atoms with Crippen LogP contribution in [0.5, 0.6) is 0 Å². The molecule has 0 radical (unpaired) electrons. The highest BCUT2D eigenvalue weighted by molar-refractivity contribution is 6.31. The first kappa shape index (κ1) is 11.8. The second-order valence-corrected chi connectivity index (χ2v) is 3.73. The number of halogens is 1. The molecule has 0 bridgehead atoms. The number of rotatable bonds is 3. The lowest BCUT2D eigenvalue weighted by Crippen LogP contribution is -2.35. The van der Waals surface area contributed by atoms with Crippen LogP contribution >= 0.6 is 11.6 Å². The summed E-state index contributed by atoms with van der Waals surface area (Å²) in [4.78, 5) is 11.6. The maximum Gasteiger partial charge on any atom is 0.253 e. The molecule has 82 valence electrons. The van der Waals surface area contributed by atoms with Crippen molar-refractivity contribution in [2.24, 2.45) is 0 Å². The fourth-order valence-electron chi connectivity index (χ4n) is 1.07. The van der Waals surface area contributed by atoms with E-state index >= 15 is 0 Å². The Hall–Kier alpha value is -1.26. The SMILES string of the molecule is CC(CO)NC(=O)c1cc(Cl)ccc1N. The molecule has 5 heteroatoms. The molecule has 1 rings (SSSR count). The van der Waals surface area contributed by atoms with E-state index in [1.807, 2.05) is 0 Å². The van der Waals surface area contributed by atoms with Crippen LogP contribution in [0.25, 0.3) is 0 Å². The average Bonchev–Trinajstić information content (AvgIpc) is 2.21. The number of benzene rings is 1. The number of nitrogen functional groups attached to an aromatic ring is 1. The van der Waals surface area contributed by atoms with Crippen LogP contribution in [0.4, 0.5) is 5.69 Å². The number of amides is 1. The van der Waals surface area contributed by atoms with Crippen molar-refractivity contribution in [1.29, 1.82) is 0 Å². The van der Waals surface area contributed by atoms with Crippen LogP contribution in [0.15, 0.2) is 18.2 Å². The zero-order valence-electron chi connectivity index (χ0n) is 8.33. The van der Waals surface area contributed by atoms with Gasteiger partial charge in [0.15, 0.2) is 0 Å². The van der Waals surface area contributed by atoms with Gasteiger partial charge < -0.3 is 16.2 Å². The number of carbonyl (C=O) groups is 1. The Balaban J connectivity index is 2.86. The van der Waals surface area contributed by atoms with Crippen LogP contribution in [-0.2, 0) is 0 Å². The molecule has 0 aliphatic heterocycles. The standard InChI is InChI=1S/C10H13ClN2O2/c1-6(5-14)13-10(15)8-4-7(11)2-3-9(8)12/h2-4,6,14H,5,12H2,1H3,(H,13,15). The van der Waals surface area contributed by atoms with Gasteiger partial charge in [-0.15, -0.1) is 0 Å². The Morgan fingerprint density at radius 2 is 2.33 bits per heavy atom. The predicted octanol–water partition coefficient (Wildman–Crippen LogP) is 1.03. The topological polar surface area (TPSA) is 75.3 Å². The third kappa shape index (κ3) is 3.11. The summed E-state index contributed by atoms with van der Waals surface area (Å²) in [5, 5.41) is 11.8. The Labute approximate surface area is 93.0 Å². The van der Waals surface area contributed by atoms with Crippen molar-refractivity contribution in [1.82, 2.24) is 5.32 Å². The van der Waals surface area contributed by atoms with Gasteiger partial charge in [0.1, 0.15) is 0 Å². The van der Waals surface area contributed by atoms with Crippen molar-refractivity contribution in [2.75, 3.05) is 12.3 Å². The van der Waals surface area contributed by atoms with Crippen molar-refractivity contribution >= 4 is 23.2 Å². The van der Waals surface area contributed by atoms with E-state index in [0.717, 1.165) is 0 Å². The zero-order valence-corrected chi connectivity index (χ0v) is 9.08. The van der Waals surface area contributed by atoms with Gasteiger partial charge in [-0.1, -0.05) is 11.6 Å². The molecule has 0 saturated carbocycles. The molecule has 0 aliphatic rings. The third-order valence-electron chi connectivity index (χ3n) is 1.91. The fourth-order valence-corrected chi connectivity index (χ4v) is 1.24. The van der Waals surface area contributed by atoms with Crippen LogP contribution in [0.3, 0.4) is 0 Å². The fraction of sp³-hybridized carbons (Fsp3) is 0.300. The van der Waals surface area contributed by atoms with E-state index in [-0.39, 0.29) is 18.6 Å². The van der Waals surface area contributed by atoms with Gasteiger partial charge in [0.25, 0.3) is 5.91 Å². The summed E-state index contributed by atoms with van der Waals surface area (Å²) >= 11 is 5.75. The third-order valence-corrected chi connectivity index (χ3v) is 2.15. The summed E-state index contributed by atoms with van der Waals surface area (Å²) in [6.45, 7) is 1.57. The number of nitrogens with one attached hydrogen (secondary N) is 1. The number of nitrogens with two attached hydrogens (primary N) is 1. The van der Waals surface area contributed by atoms with E-state index in [4.69, 9.17) is 22.4 Å². The molecule has 15 heavy (non-hydrogen) atoms. The number of carbonyl (C=O) groups excluding carboxylic acids is 1. The lowest BCUT2D eigenvalue weighted by Gasteiger charge is -2.12. The average molecular weight is 229 g/mol. The van der Waals surface area contributed by atoms with E-state index in [9.17, 15) is 4.79 Å². The molecule has 0 heterocycles. The van der Waals surface area contributed by atoms with E-state index in [2.05, 4.69) is 5.32 Å². The lowest BCUT2D eigenvalue weighted by atomic mass is 10.1. The van der Waals surface area contributed by atoms with Gasteiger partial charge in [0.05, 0.1) is 12.2 Å². The smallest absolute Gasteiger partial charge is 0.253 e.